The number of carbonyl (C=O) groups is 2. The number of nitrogens with zero attached hydrogens (tertiary/aromatic N) is 5. The van der Waals surface area contributed by atoms with Crippen LogP contribution in [0.2, 0.25) is 5.15 Å². The van der Waals surface area contributed by atoms with Crippen molar-refractivity contribution in [3.05, 3.63) is 46.2 Å². The highest BCUT2D eigenvalue weighted by molar-refractivity contribution is 6.32. The number of nitrogen functional groups attached to an aromatic ring is 1. The van der Waals surface area contributed by atoms with Crippen LogP contribution in [0.3, 0.4) is 0 Å². The number of methoxy groups -OCH3 is 1. The molecule has 1 amide bonds. The average Bonchev–Trinajstić information content (AvgIpc) is 2.98. The fourth-order valence-corrected chi connectivity index (χ4v) is 5.96. The third kappa shape index (κ3) is 6.85. The van der Waals surface area contributed by atoms with E-state index >= 15 is 0 Å². The Kier molecular flexibility index (Phi) is 10.3. The van der Waals surface area contributed by atoms with Crippen LogP contribution in [0.15, 0.2) is 18.2 Å². The molecule has 3 heterocycles. The fraction of sp³-hybridized carbons (Fsp3) is 0.556. The van der Waals surface area contributed by atoms with Crippen molar-refractivity contribution < 1.29 is 28.2 Å². The first-order valence-electron chi connectivity index (χ1n) is 13.7. The van der Waals surface area contributed by atoms with Crippen LogP contribution in [0.1, 0.15) is 48.3 Å². The molecule has 0 saturated carbocycles. The van der Waals surface area contributed by atoms with E-state index in [1.807, 2.05) is 9.80 Å². The number of hydrogen-bond donors (Lipinski definition) is 3. The summed E-state index contributed by atoms with van der Waals surface area (Å²) in [5, 5.41) is 11.5. The summed E-state index contributed by atoms with van der Waals surface area (Å²) in [4.78, 5) is 40.0. The number of ether oxygens (including phenoxy) is 1. The van der Waals surface area contributed by atoms with Crippen LogP contribution in [0, 0.1) is 11.6 Å². The second-order valence-corrected chi connectivity index (χ2v) is 10.5. The van der Waals surface area contributed by atoms with Gasteiger partial charge in [0.2, 0.25) is 0 Å². The number of anilines is 2. The molecule has 4 rings (SSSR count). The highest BCUT2D eigenvalue weighted by Gasteiger charge is 2.37. The Bertz CT molecular complexity index is 1250. The summed E-state index contributed by atoms with van der Waals surface area (Å²) in [6.07, 6.45) is 2.45. The molecule has 2 saturated heterocycles. The van der Waals surface area contributed by atoms with E-state index in [0.29, 0.717) is 37.6 Å². The minimum atomic E-state index is -0.999. The first kappa shape index (κ1) is 30.8. The topological polar surface area (TPSA) is 137 Å². The Hall–Kier alpha value is -3.13. The van der Waals surface area contributed by atoms with E-state index in [1.54, 1.807) is 0 Å². The number of aliphatic hydroxyl groups excluding tert-OH is 1. The van der Waals surface area contributed by atoms with Gasteiger partial charge in [-0.05, 0) is 37.0 Å². The van der Waals surface area contributed by atoms with Crippen LogP contribution in [-0.2, 0) is 9.53 Å². The van der Waals surface area contributed by atoms with E-state index in [2.05, 4.69) is 27.1 Å². The molecule has 0 spiro atoms. The maximum absolute atomic E-state index is 14.0. The zero-order chi connectivity index (χ0) is 29.7. The molecule has 1 aromatic heterocycles. The van der Waals surface area contributed by atoms with Gasteiger partial charge in [-0.25, -0.2) is 23.5 Å². The molecule has 0 unspecified atom stereocenters. The zero-order valence-electron chi connectivity index (χ0n) is 23.2. The van der Waals surface area contributed by atoms with Gasteiger partial charge in [-0.15, -0.1) is 0 Å². The second kappa shape index (κ2) is 13.7. The Balaban J connectivity index is 1.42. The number of benzene rings is 1. The number of nitrogens with two attached hydrogens (primary N) is 1. The first-order valence-corrected chi connectivity index (χ1v) is 14.1. The molecule has 0 radical (unpaired) electrons. The largest absolute Gasteiger partial charge is 0.468 e. The highest BCUT2D eigenvalue weighted by atomic mass is 35.5. The number of rotatable bonds is 9. The van der Waals surface area contributed by atoms with Crippen molar-refractivity contribution in [2.75, 3.05) is 63.6 Å². The number of likely N-dealkylation sites (tertiary alicyclic amines) is 1. The molecule has 2 aliphatic heterocycles. The molecule has 1 aromatic carbocycles. The first-order chi connectivity index (χ1) is 19.7. The molecule has 14 heteroatoms. The predicted molar refractivity (Wildman–Crippen MR) is 150 cm³/mol. The lowest BCUT2D eigenvalue weighted by molar-refractivity contribution is -0.148. The summed E-state index contributed by atoms with van der Waals surface area (Å²) in [6, 6.07) is 3.16. The maximum atomic E-state index is 14.0. The number of piperidine rings is 1. The Morgan fingerprint density at radius 1 is 1.20 bits per heavy atom. The van der Waals surface area contributed by atoms with Gasteiger partial charge in [0.15, 0.2) is 34.1 Å². The summed E-state index contributed by atoms with van der Waals surface area (Å²) >= 11 is 6.44. The molecule has 2 aliphatic rings. The summed E-state index contributed by atoms with van der Waals surface area (Å²) in [5.74, 6) is -2.65. The van der Waals surface area contributed by atoms with Gasteiger partial charge in [-0.3, -0.25) is 14.6 Å². The van der Waals surface area contributed by atoms with Crippen LogP contribution in [0.5, 0.6) is 0 Å². The summed E-state index contributed by atoms with van der Waals surface area (Å²) in [6.45, 7) is 5.15. The number of hydrogen-bond acceptors (Lipinski definition) is 10. The van der Waals surface area contributed by atoms with E-state index in [4.69, 9.17) is 27.2 Å². The summed E-state index contributed by atoms with van der Waals surface area (Å²) in [5.41, 5.74) is 6.32. The monoisotopic (exact) mass is 595 g/mol. The van der Waals surface area contributed by atoms with Gasteiger partial charge < -0.3 is 25.8 Å². The number of esters is 1. The van der Waals surface area contributed by atoms with Crippen molar-refractivity contribution in [1.29, 1.82) is 0 Å². The van der Waals surface area contributed by atoms with Crippen molar-refractivity contribution >= 4 is 35.1 Å². The normalized spacial score (nSPS) is 19.7. The molecule has 2 fully saturated rings. The van der Waals surface area contributed by atoms with Gasteiger partial charge in [-0.1, -0.05) is 24.6 Å². The van der Waals surface area contributed by atoms with Crippen molar-refractivity contribution in [1.82, 2.24) is 25.1 Å². The quantitative estimate of drug-likeness (QED) is 0.369. The van der Waals surface area contributed by atoms with Gasteiger partial charge in [0.25, 0.3) is 5.91 Å². The predicted octanol–water partition coefficient (Wildman–Crippen LogP) is 1.99. The van der Waals surface area contributed by atoms with E-state index in [9.17, 15) is 18.4 Å². The standard InChI is InChI=1S/C27H36ClF2N7O4/c1-3-17-15-36(25-23(28)33-21(24(31)34-25)26(39)32-8-13-38)11-12-37(17)18-6-9-35(10-7-18)22(27(40)41-2)16-4-5-19(29)20(30)14-16/h4-5,14,17-18,22,38H,3,6-13,15H2,1-2H3,(H2,31,34)(H,32,39)/t17-,22+/m0/s1. The number of aromatic nitrogens is 2. The van der Waals surface area contributed by atoms with E-state index in [-0.39, 0.29) is 41.9 Å². The number of carbonyl (C=O) groups excluding carboxylic acids is 2. The highest BCUT2D eigenvalue weighted by Crippen LogP contribution is 2.32. The Morgan fingerprint density at radius 3 is 2.56 bits per heavy atom. The van der Waals surface area contributed by atoms with Crippen LogP contribution in [0.25, 0.3) is 0 Å². The SMILES string of the molecule is CC[C@H]1CN(c2nc(N)c(C(=O)NCCO)nc2Cl)CCN1C1CCN([C@@H](C(=O)OC)c2ccc(F)c(F)c2)CC1. The number of amides is 1. The minimum absolute atomic E-state index is 0.0381. The third-order valence-corrected chi connectivity index (χ3v) is 8.05. The van der Waals surface area contributed by atoms with Gasteiger partial charge >= 0.3 is 5.97 Å². The number of nitrogens with one attached hydrogen (secondary N) is 1. The van der Waals surface area contributed by atoms with Crippen molar-refractivity contribution in [3.63, 3.8) is 0 Å². The zero-order valence-corrected chi connectivity index (χ0v) is 23.9. The second-order valence-electron chi connectivity index (χ2n) is 10.2. The minimum Gasteiger partial charge on any atom is -0.468 e. The fourth-order valence-electron chi connectivity index (χ4n) is 5.71. The van der Waals surface area contributed by atoms with Crippen LogP contribution < -0.4 is 16.0 Å². The number of halogens is 3. The molecule has 0 bridgehead atoms. The van der Waals surface area contributed by atoms with E-state index < -0.39 is 29.6 Å². The average molecular weight is 596 g/mol. The van der Waals surface area contributed by atoms with Crippen LogP contribution >= 0.6 is 11.6 Å². The van der Waals surface area contributed by atoms with Gasteiger partial charge in [0.1, 0.15) is 6.04 Å². The van der Waals surface area contributed by atoms with Crippen LogP contribution in [0.4, 0.5) is 20.4 Å². The Labute approximate surface area is 242 Å². The summed E-state index contributed by atoms with van der Waals surface area (Å²) in [7, 11) is 1.29. The molecule has 224 valence electrons. The number of piperazine rings is 1. The van der Waals surface area contributed by atoms with Crippen molar-refractivity contribution in [2.24, 2.45) is 0 Å². The molecular weight excluding hydrogens is 560 g/mol. The molecule has 4 N–H and O–H groups in total. The molecule has 2 atom stereocenters. The lowest BCUT2D eigenvalue weighted by Gasteiger charge is -2.48. The maximum Gasteiger partial charge on any atom is 0.327 e. The van der Waals surface area contributed by atoms with Gasteiger partial charge in [0, 0.05) is 51.4 Å². The van der Waals surface area contributed by atoms with Crippen LogP contribution in [-0.4, -0.2) is 102 Å². The summed E-state index contributed by atoms with van der Waals surface area (Å²) < 4.78 is 32.5. The third-order valence-electron chi connectivity index (χ3n) is 7.79. The molecule has 11 nitrogen and oxygen atoms in total. The lowest BCUT2D eigenvalue weighted by atomic mass is 9.95. The van der Waals surface area contributed by atoms with Gasteiger partial charge in [-0.2, -0.15) is 0 Å². The smallest absolute Gasteiger partial charge is 0.327 e. The molecule has 2 aromatic rings. The van der Waals surface area contributed by atoms with E-state index in [1.165, 1.54) is 13.2 Å². The molecule has 0 aliphatic carbocycles. The van der Waals surface area contributed by atoms with E-state index in [0.717, 1.165) is 37.9 Å². The van der Waals surface area contributed by atoms with Crippen molar-refractivity contribution in [3.8, 4) is 0 Å². The molecule has 41 heavy (non-hydrogen) atoms. The number of aliphatic hydroxyl groups is 1. The van der Waals surface area contributed by atoms with Gasteiger partial charge in [0.05, 0.1) is 13.7 Å². The molecular formula is C27H36ClF2N7O4. The van der Waals surface area contributed by atoms with Crippen molar-refractivity contribution in [2.45, 2.75) is 44.3 Å². The Morgan fingerprint density at radius 2 is 1.93 bits per heavy atom. The lowest BCUT2D eigenvalue weighted by Crippen LogP contribution is -2.59.